The van der Waals surface area contributed by atoms with Crippen LogP contribution >= 0.6 is 0 Å². The molecular weight excluding hydrogens is 517 g/mol. The summed E-state index contributed by atoms with van der Waals surface area (Å²) in [5.74, 6) is -1.48. The van der Waals surface area contributed by atoms with Crippen LogP contribution in [0, 0.1) is 24.6 Å². The third kappa shape index (κ3) is 6.56. The van der Waals surface area contributed by atoms with Gasteiger partial charge in [-0.05, 0) is 73.4 Å². The molecular formula is C34H42FN3O3. The number of hydrogen-bond acceptors (Lipinski definition) is 4. The van der Waals surface area contributed by atoms with Gasteiger partial charge in [0, 0.05) is 30.5 Å². The van der Waals surface area contributed by atoms with E-state index in [4.69, 9.17) is 4.74 Å². The molecule has 2 saturated heterocycles. The lowest BCUT2D eigenvalue weighted by Gasteiger charge is -2.44. The molecule has 2 amide bonds. The highest BCUT2D eigenvalue weighted by Crippen LogP contribution is 2.36. The molecule has 5 rings (SSSR count). The maximum absolute atomic E-state index is 15.0. The molecule has 6 nitrogen and oxygen atoms in total. The lowest BCUT2D eigenvalue weighted by Crippen LogP contribution is -2.55. The number of piperidine rings is 1. The minimum atomic E-state index is -0.524. The summed E-state index contributed by atoms with van der Waals surface area (Å²) in [7, 11) is 0. The quantitative estimate of drug-likeness (QED) is 0.447. The fourth-order valence-electron chi connectivity index (χ4n) is 6.30. The van der Waals surface area contributed by atoms with E-state index in [0.29, 0.717) is 44.0 Å². The van der Waals surface area contributed by atoms with E-state index in [1.807, 2.05) is 18.2 Å². The van der Waals surface area contributed by atoms with Gasteiger partial charge in [-0.25, -0.2) is 4.39 Å². The minimum absolute atomic E-state index is 0.0511. The first kappa shape index (κ1) is 29.1. The SMILES string of the molecule is Cc1cccc(F)c1C(=O)N1CCC[C@H](C(=O)Nc2cccc(C(C)(C)C)c2)[C@@H]1C1C=CC(NC2CCOC2)=CC1. The van der Waals surface area contributed by atoms with Gasteiger partial charge in [-0.3, -0.25) is 9.59 Å². The first-order valence-corrected chi connectivity index (χ1v) is 14.8. The number of ether oxygens (including phenoxy) is 1. The second-order valence-corrected chi connectivity index (χ2v) is 12.6. The summed E-state index contributed by atoms with van der Waals surface area (Å²) in [4.78, 5) is 29.6. The zero-order valence-corrected chi connectivity index (χ0v) is 24.6. The molecule has 2 unspecified atom stereocenters. The van der Waals surface area contributed by atoms with Crippen molar-refractivity contribution >= 4 is 17.5 Å². The number of likely N-dealkylation sites (tertiary alicyclic amines) is 1. The van der Waals surface area contributed by atoms with E-state index in [1.165, 1.54) is 6.07 Å². The number of halogens is 1. The molecule has 41 heavy (non-hydrogen) atoms. The second kappa shape index (κ2) is 12.2. The summed E-state index contributed by atoms with van der Waals surface area (Å²) >= 11 is 0. The van der Waals surface area contributed by atoms with Gasteiger partial charge < -0.3 is 20.3 Å². The Balaban J connectivity index is 1.42. The minimum Gasteiger partial charge on any atom is -0.380 e. The number of rotatable bonds is 6. The van der Waals surface area contributed by atoms with Crippen LogP contribution in [-0.2, 0) is 14.9 Å². The lowest BCUT2D eigenvalue weighted by atomic mass is 9.77. The molecule has 0 radical (unpaired) electrons. The van der Waals surface area contributed by atoms with Crippen LogP contribution < -0.4 is 10.6 Å². The second-order valence-electron chi connectivity index (χ2n) is 12.6. The molecule has 2 aromatic carbocycles. The van der Waals surface area contributed by atoms with Crippen molar-refractivity contribution < 1.29 is 18.7 Å². The molecule has 2 heterocycles. The molecule has 4 atom stereocenters. The van der Waals surface area contributed by atoms with Gasteiger partial charge >= 0.3 is 0 Å². The van der Waals surface area contributed by atoms with Gasteiger partial charge in [0.05, 0.1) is 30.2 Å². The number of allylic oxidation sites excluding steroid dienone is 2. The van der Waals surface area contributed by atoms with Gasteiger partial charge in [-0.2, -0.15) is 0 Å². The summed E-state index contributed by atoms with van der Waals surface area (Å²) in [5.41, 5.74) is 3.56. The summed E-state index contributed by atoms with van der Waals surface area (Å²) < 4.78 is 20.5. The standard InChI is InChI=1S/C34H42FN3O3/c1-22-8-5-12-29(35)30(22)33(40)38-18-7-11-28(32(39)37-26-10-6-9-24(20-26)34(2,3)4)31(38)23-13-15-25(16-14-23)36-27-17-19-41-21-27/h5-6,8-10,12-13,15-16,20,23,27-28,31,36H,7,11,14,17-19,21H2,1-4H3,(H,37,39)/t23?,27?,28-,31-/m0/s1. The van der Waals surface area contributed by atoms with E-state index in [1.54, 1.807) is 24.0 Å². The van der Waals surface area contributed by atoms with Crippen LogP contribution in [-0.4, -0.2) is 48.6 Å². The van der Waals surface area contributed by atoms with E-state index >= 15 is 0 Å². The lowest BCUT2D eigenvalue weighted by molar-refractivity contribution is -0.123. The molecule has 218 valence electrons. The number of nitrogens with one attached hydrogen (secondary N) is 2. The number of amides is 2. The molecule has 2 N–H and O–H groups in total. The van der Waals surface area contributed by atoms with Crippen LogP contribution in [0.3, 0.4) is 0 Å². The van der Waals surface area contributed by atoms with Crippen molar-refractivity contribution in [2.24, 2.45) is 11.8 Å². The zero-order valence-electron chi connectivity index (χ0n) is 24.6. The number of nitrogens with zero attached hydrogens (tertiary/aromatic N) is 1. The Morgan fingerprint density at radius 2 is 1.90 bits per heavy atom. The van der Waals surface area contributed by atoms with Gasteiger partial charge in [0.2, 0.25) is 5.91 Å². The first-order chi connectivity index (χ1) is 19.6. The van der Waals surface area contributed by atoms with Gasteiger partial charge in [-0.15, -0.1) is 0 Å². The highest BCUT2D eigenvalue weighted by Gasteiger charge is 2.43. The van der Waals surface area contributed by atoms with Crippen molar-refractivity contribution in [3.63, 3.8) is 0 Å². The average molecular weight is 560 g/mol. The number of anilines is 1. The monoisotopic (exact) mass is 559 g/mol. The Bertz CT molecular complexity index is 1320. The number of hydrogen-bond donors (Lipinski definition) is 2. The summed E-state index contributed by atoms with van der Waals surface area (Å²) in [6.07, 6.45) is 9.31. The van der Waals surface area contributed by atoms with Crippen LogP contribution in [0.15, 0.2) is 66.4 Å². The third-order valence-corrected chi connectivity index (χ3v) is 8.59. The van der Waals surface area contributed by atoms with Crippen molar-refractivity contribution in [2.75, 3.05) is 25.1 Å². The van der Waals surface area contributed by atoms with Gasteiger partial charge in [0.1, 0.15) is 5.82 Å². The summed E-state index contributed by atoms with van der Waals surface area (Å²) in [5, 5.41) is 6.70. The van der Waals surface area contributed by atoms with Gasteiger partial charge in [0.25, 0.3) is 5.91 Å². The predicted octanol–water partition coefficient (Wildman–Crippen LogP) is 6.13. The van der Waals surface area contributed by atoms with Gasteiger partial charge in [-0.1, -0.05) is 57.2 Å². The fourth-order valence-corrected chi connectivity index (χ4v) is 6.30. The van der Waals surface area contributed by atoms with Crippen LogP contribution in [0.5, 0.6) is 0 Å². The van der Waals surface area contributed by atoms with E-state index in [0.717, 1.165) is 30.0 Å². The molecule has 2 aliphatic heterocycles. The maximum Gasteiger partial charge on any atom is 0.257 e. The Hall–Kier alpha value is -3.45. The molecule has 0 aromatic heterocycles. The summed E-state index contributed by atoms with van der Waals surface area (Å²) in [6.45, 7) is 10.1. The number of carbonyl (C=O) groups is 2. The average Bonchev–Trinajstić information content (AvgIpc) is 3.46. The highest BCUT2D eigenvalue weighted by atomic mass is 19.1. The molecule has 0 saturated carbocycles. The first-order valence-electron chi connectivity index (χ1n) is 14.8. The van der Waals surface area contributed by atoms with Crippen LogP contribution in [0.4, 0.5) is 10.1 Å². The van der Waals surface area contributed by atoms with Gasteiger partial charge in [0.15, 0.2) is 0 Å². The predicted molar refractivity (Wildman–Crippen MR) is 160 cm³/mol. The number of carbonyl (C=O) groups excluding carboxylic acids is 2. The van der Waals surface area contributed by atoms with Crippen molar-refractivity contribution in [3.05, 3.63) is 88.9 Å². The zero-order chi connectivity index (χ0) is 29.1. The highest BCUT2D eigenvalue weighted by molar-refractivity contribution is 5.98. The maximum atomic E-state index is 15.0. The Morgan fingerprint density at radius 1 is 1.10 bits per heavy atom. The molecule has 1 aliphatic carbocycles. The van der Waals surface area contributed by atoms with Crippen LogP contribution in [0.25, 0.3) is 0 Å². The molecule has 7 heteroatoms. The van der Waals surface area contributed by atoms with E-state index in [-0.39, 0.29) is 28.7 Å². The number of benzene rings is 2. The van der Waals surface area contributed by atoms with Crippen molar-refractivity contribution in [1.29, 1.82) is 0 Å². The largest absolute Gasteiger partial charge is 0.380 e. The Morgan fingerprint density at radius 3 is 2.59 bits per heavy atom. The van der Waals surface area contributed by atoms with Crippen LogP contribution in [0.2, 0.25) is 0 Å². The molecule has 2 fully saturated rings. The smallest absolute Gasteiger partial charge is 0.257 e. The molecule has 0 bridgehead atoms. The third-order valence-electron chi connectivity index (χ3n) is 8.59. The van der Waals surface area contributed by atoms with E-state index in [2.05, 4.69) is 55.7 Å². The van der Waals surface area contributed by atoms with Crippen molar-refractivity contribution in [3.8, 4) is 0 Å². The topological polar surface area (TPSA) is 70.7 Å². The molecule has 2 aromatic rings. The van der Waals surface area contributed by atoms with Crippen molar-refractivity contribution in [1.82, 2.24) is 10.2 Å². The van der Waals surface area contributed by atoms with Crippen LogP contribution in [0.1, 0.15) is 67.9 Å². The van der Waals surface area contributed by atoms with E-state index in [9.17, 15) is 14.0 Å². The van der Waals surface area contributed by atoms with E-state index < -0.39 is 17.8 Å². The molecule has 0 spiro atoms. The normalized spacial score (nSPS) is 24.6. The fraction of sp³-hybridized carbons (Fsp3) is 0.471. The Kier molecular flexibility index (Phi) is 8.64. The Labute approximate surface area is 243 Å². The number of aryl methyl sites for hydroxylation is 1. The van der Waals surface area contributed by atoms with Crippen molar-refractivity contribution in [2.45, 2.75) is 70.9 Å². The molecule has 3 aliphatic rings. The summed E-state index contributed by atoms with van der Waals surface area (Å²) in [6, 6.07) is 12.6.